The maximum atomic E-state index is 4.53. The maximum Gasteiger partial charge on any atom is -0.0134 e. The van der Waals surface area contributed by atoms with Crippen molar-refractivity contribution in [2.45, 2.75) is 0 Å². The van der Waals surface area contributed by atoms with Gasteiger partial charge in [-0.2, -0.15) is 22.6 Å². The molecule has 68 heavy (non-hydrogen) atoms. The Labute approximate surface area is 418 Å². The molecule has 11 aromatic rings. The van der Waals surface area contributed by atoms with Gasteiger partial charge in [-0.05, 0) is 47.7 Å². The first-order valence-corrected chi connectivity index (χ1v) is 27.2. The summed E-state index contributed by atoms with van der Waals surface area (Å²) in [4.78, 5) is 0. The summed E-state index contributed by atoms with van der Waals surface area (Å²) in [6, 6.07) is 102. The van der Waals surface area contributed by atoms with E-state index in [1.807, 2.05) is 29.4 Å². The van der Waals surface area contributed by atoms with Gasteiger partial charge in [-0.3, -0.25) is 0 Å². The molecule has 0 bridgehead atoms. The summed E-state index contributed by atoms with van der Waals surface area (Å²) in [6.45, 7) is 0. The number of halogens is 1. The molecule has 0 spiro atoms. The smallest absolute Gasteiger partial charge is 0.0134 e. The number of benzene rings is 11. The average Bonchev–Trinajstić information content (AvgIpc) is 3.43. The van der Waals surface area contributed by atoms with E-state index in [1.54, 1.807) is 0 Å². The fourth-order valence-corrected chi connectivity index (χ4v) is 12.7. The fraction of sp³-hybridized carbons (Fsp3) is 0. The van der Waals surface area contributed by atoms with Crippen molar-refractivity contribution in [2.24, 2.45) is 0 Å². The van der Waals surface area contributed by atoms with E-state index in [9.17, 15) is 0 Å². The molecule has 0 N–H and O–H groups in total. The van der Waals surface area contributed by atoms with Crippen LogP contribution in [0.15, 0.2) is 291 Å². The molecule has 0 aliphatic heterocycles. The standard InChI is InChI=1S/C28H18.2C18H15P.ClH.Rh/c1-3-11-21(12-4-1)19-27-25-17-9-7-15-23(25)24-16-8-10-18-26(24)28(27)20-22-13-5-2-6-14-22;2*1-4-10-16(11-5-1)19(17-12-6-2-7-13-17)18-14-8-3-9-15-18;;/h1-18H;2*1-15H;1H;/q-2;;;;+3/p-1. The van der Waals surface area contributed by atoms with E-state index in [-0.39, 0.29) is 0 Å². The minimum Gasteiger partial charge on any atom is -0.0622 e. The fourth-order valence-electron chi connectivity index (χ4n) is 8.09. The Balaban J connectivity index is 0.000000139. The summed E-state index contributed by atoms with van der Waals surface area (Å²) in [5.74, 6) is 0. The molecule has 0 fully saturated rings. The molecule has 11 aromatic carbocycles. The molecule has 0 saturated carbocycles. The van der Waals surface area contributed by atoms with Crippen LogP contribution >= 0.6 is 25.5 Å². The topological polar surface area (TPSA) is 0 Å². The van der Waals surface area contributed by atoms with Gasteiger partial charge in [0.15, 0.2) is 0 Å². The molecule has 0 radical (unpaired) electrons. The minimum absolute atomic E-state index is 0.446. The van der Waals surface area contributed by atoms with Crippen molar-refractivity contribution in [1.82, 2.24) is 0 Å². The van der Waals surface area contributed by atoms with Gasteiger partial charge in [0.1, 0.15) is 0 Å². The molecule has 330 valence electrons. The number of hydrogen-bond donors (Lipinski definition) is 0. The molecule has 0 heterocycles. The summed E-state index contributed by atoms with van der Waals surface area (Å²) in [5, 5.41) is 15.4. The molecule has 0 amide bonds. The zero-order chi connectivity index (χ0) is 46.6. The van der Waals surface area contributed by atoms with Crippen molar-refractivity contribution in [3.05, 3.63) is 313 Å². The summed E-state index contributed by atoms with van der Waals surface area (Å²) in [5.41, 5.74) is 2.14. The van der Waals surface area contributed by atoms with E-state index in [0.717, 1.165) is 21.6 Å². The zero-order valence-corrected chi connectivity index (χ0v) is 41.5. The van der Waals surface area contributed by atoms with Crippen LogP contribution in [0.25, 0.3) is 33.7 Å². The van der Waals surface area contributed by atoms with Crippen LogP contribution < -0.4 is 42.3 Å². The molecule has 0 saturated heterocycles. The third kappa shape index (κ3) is 12.5. The Morgan fingerprint density at radius 2 is 0.397 bits per heavy atom. The monoisotopic (exact) mass is 1020 g/mol. The third-order valence-corrected chi connectivity index (χ3v) is 16.0. The van der Waals surface area contributed by atoms with Crippen LogP contribution in [0.2, 0.25) is 0 Å². The van der Waals surface area contributed by atoms with Crippen molar-refractivity contribution in [1.29, 1.82) is 0 Å². The van der Waals surface area contributed by atoms with E-state index in [4.69, 9.17) is 0 Å². The number of fused-ring (bicyclic) bond motifs is 3. The van der Waals surface area contributed by atoms with Crippen LogP contribution in [0.3, 0.4) is 0 Å². The number of hydrogen-bond acceptors (Lipinski definition) is 0. The average molecular weight is 1020 g/mol. The first-order valence-electron chi connectivity index (χ1n) is 22.4. The summed E-state index contributed by atoms with van der Waals surface area (Å²) in [7, 11) is 3.64. The second-order valence-corrected chi connectivity index (χ2v) is 19.9. The number of rotatable bonds is 8. The maximum absolute atomic E-state index is 4.53. The SMILES string of the molecule is [C-](c1ccccc1)=c1c(=[C-]c2ccccc2)c2ccccc2c2ccccc12.[Cl][Rh+2].c1ccc(P(c2ccccc2)c2ccccc2)cc1.c1ccc(P(c2ccccc2)c2ccccc2)cc1. The predicted molar refractivity (Wildman–Crippen MR) is 295 cm³/mol. The molecule has 11 rings (SSSR count). The van der Waals surface area contributed by atoms with Gasteiger partial charge < -0.3 is 0 Å². The quantitative estimate of drug-likeness (QED) is 0.0616. The van der Waals surface area contributed by atoms with Crippen LogP contribution in [0.5, 0.6) is 0 Å². The molecular formula is C64H48ClP2Rh. The van der Waals surface area contributed by atoms with E-state index >= 15 is 0 Å². The van der Waals surface area contributed by atoms with Gasteiger partial charge in [0.2, 0.25) is 0 Å². The van der Waals surface area contributed by atoms with Crippen molar-refractivity contribution < 1.29 is 17.3 Å². The normalized spacial score (nSPS) is 11.2. The molecule has 0 unspecified atom stereocenters. The van der Waals surface area contributed by atoms with Gasteiger partial charge >= 0.3 is 27.0 Å². The van der Waals surface area contributed by atoms with Crippen LogP contribution in [0.1, 0.15) is 11.1 Å². The molecule has 0 aliphatic carbocycles. The molecular weight excluding hydrogens is 969 g/mol. The second-order valence-electron chi connectivity index (χ2n) is 15.5. The van der Waals surface area contributed by atoms with E-state index < -0.39 is 15.8 Å². The Hall–Kier alpha value is -6.55. The Morgan fingerprint density at radius 1 is 0.221 bits per heavy atom. The van der Waals surface area contributed by atoms with Crippen molar-refractivity contribution in [2.75, 3.05) is 0 Å². The summed E-state index contributed by atoms with van der Waals surface area (Å²) in [6.07, 6.45) is 7.33. The van der Waals surface area contributed by atoms with Gasteiger partial charge in [0.25, 0.3) is 0 Å². The van der Waals surface area contributed by atoms with Crippen LogP contribution in [0, 0.1) is 0 Å². The van der Waals surface area contributed by atoms with E-state index in [2.05, 4.69) is 301 Å². The molecule has 0 atom stereocenters. The van der Waals surface area contributed by atoms with Crippen LogP contribution in [-0.2, 0) is 17.3 Å². The van der Waals surface area contributed by atoms with Crippen LogP contribution in [0.4, 0.5) is 0 Å². The van der Waals surface area contributed by atoms with Crippen molar-refractivity contribution in [3.63, 3.8) is 0 Å². The van der Waals surface area contributed by atoms with Gasteiger partial charge in [0, 0.05) is 0 Å². The van der Waals surface area contributed by atoms with E-state index in [0.29, 0.717) is 0 Å². The largest absolute Gasteiger partial charge is 0.0622 e. The summed E-state index contributed by atoms with van der Waals surface area (Å²) >= 11 is 2.02. The Morgan fingerprint density at radius 3 is 0.618 bits per heavy atom. The van der Waals surface area contributed by atoms with E-state index in [1.165, 1.54) is 53.4 Å². The zero-order valence-electron chi connectivity index (χ0n) is 37.3. The van der Waals surface area contributed by atoms with Crippen molar-refractivity contribution in [3.8, 4) is 0 Å². The Bertz CT molecular complexity index is 2910. The Kier molecular flexibility index (Phi) is 18.0. The predicted octanol–water partition coefficient (Wildman–Crippen LogP) is 13.0. The van der Waals surface area contributed by atoms with Crippen LogP contribution in [-0.4, -0.2) is 0 Å². The first kappa shape index (κ1) is 47.9. The minimum atomic E-state index is -0.446. The van der Waals surface area contributed by atoms with Gasteiger partial charge in [-0.15, -0.1) is 46.2 Å². The molecule has 0 aliphatic rings. The first-order chi connectivity index (χ1) is 33.8. The summed E-state index contributed by atoms with van der Waals surface area (Å²) < 4.78 is 0. The molecule has 4 heteroatoms. The third-order valence-electron chi connectivity index (χ3n) is 11.1. The van der Waals surface area contributed by atoms with Gasteiger partial charge in [-0.1, -0.05) is 278 Å². The van der Waals surface area contributed by atoms with Gasteiger partial charge in [0.05, 0.1) is 0 Å². The molecule has 0 aromatic heterocycles. The van der Waals surface area contributed by atoms with Gasteiger partial charge in [-0.25, -0.2) is 0 Å². The molecule has 0 nitrogen and oxygen atoms in total. The van der Waals surface area contributed by atoms with Crippen molar-refractivity contribution >= 4 is 91.1 Å². The second kappa shape index (κ2) is 25.5.